The van der Waals surface area contributed by atoms with Crippen LogP contribution in [0, 0.1) is 0 Å². The van der Waals surface area contributed by atoms with Crippen molar-refractivity contribution in [3.63, 3.8) is 0 Å². The molecule has 0 aromatic heterocycles. The van der Waals surface area contributed by atoms with Crippen LogP contribution in [0.5, 0.6) is 0 Å². The van der Waals surface area contributed by atoms with Gasteiger partial charge in [0, 0.05) is 11.1 Å². The lowest BCUT2D eigenvalue weighted by atomic mass is 9.94. The number of carbonyl (C=O) groups excluding carboxylic acids is 1. The highest BCUT2D eigenvalue weighted by atomic mass is 16.1. The van der Waals surface area contributed by atoms with Crippen molar-refractivity contribution in [3.05, 3.63) is 83.9 Å². The van der Waals surface area contributed by atoms with E-state index in [2.05, 4.69) is 13.2 Å². The second-order valence-corrected chi connectivity index (χ2v) is 3.91. The Kier molecular flexibility index (Phi) is 3.54. The van der Waals surface area contributed by atoms with Crippen molar-refractivity contribution in [2.45, 2.75) is 0 Å². The first-order valence-electron chi connectivity index (χ1n) is 5.75. The van der Waals surface area contributed by atoms with E-state index in [4.69, 9.17) is 0 Å². The maximum absolute atomic E-state index is 12.4. The third-order valence-corrected chi connectivity index (χ3v) is 2.84. The van der Waals surface area contributed by atoms with Crippen LogP contribution in [0.2, 0.25) is 0 Å². The first kappa shape index (κ1) is 12.1. The van der Waals surface area contributed by atoms with Crippen LogP contribution in [0.15, 0.2) is 61.7 Å². The topological polar surface area (TPSA) is 17.1 Å². The fraction of sp³-hybridized carbons (Fsp3) is 0. The number of rotatable bonds is 4. The summed E-state index contributed by atoms with van der Waals surface area (Å²) in [4.78, 5) is 12.4. The van der Waals surface area contributed by atoms with E-state index in [1.54, 1.807) is 12.2 Å². The highest BCUT2D eigenvalue weighted by Crippen LogP contribution is 2.20. The molecular formula is C17H14O. The van der Waals surface area contributed by atoms with Gasteiger partial charge in [-0.3, -0.25) is 4.79 Å². The van der Waals surface area contributed by atoms with E-state index in [-0.39, 0.29) is 5.78 Å². The molecule has 0 aliphatic carbocycles. The van der Waals surface area contributed by atoms with Crippen molar-refractivity contribution < 1.29 is 4.79 Å². The molecule has 0 atom stereocenters. The molecule has 1 heteroatoms. The molecule has 0 N–H and O–H groups in total. The average molecular weight is 234 g/mol. The van der Waals surface area contributed by atoms with Crippen molar-refractivity contribution in [2.24, 2.45) is 0 Å². The molecule has 0 amide bonds. The lowest BCUT2D eigenvalue weighted by molar-refractivity contribution is 0.103. The maximum atomic E-state index is 12.4. The van der Waals surface area contributed by atoms with Crippen molar-refractivity contribution >= 4 is 17.9 Å². The molecule has 0 saturated carbocycles. The molecule has 0 unspecified atom stereocenters. The second-order valence-electron chi connectivity index (χ2n) is 3.91. The van der Waals surface area contributed by atoms with Gasteiger partial charge in [-0.2, -0.15) is 0 Å². The van der Waals surface area contributed by atoms with Crippen LogP contribution in [0.1, 0.15) is 27.0 Å². The summed E-state index contributed by atoms with van der Waals surface area (Å²) in [6.45, 7) is 7.53. The summed E-state index contributed by atoms with van der Waals surface area (Å²) in [7, 11) is 0. The summed E-state index contributed by atoms with van der Waals surface area (Å²) in [5.41, 5.74) is 3.10. The van der Waals surface area contributed by atoms with E-state index in [0.717, 1.165) is 11.1 Å². The lowest BCUT2D eigenvalue weighted by Crippen LogP contribution is -2.04. The molecule has 88 valence electrons. The minimum Gasteiger partial charge on any atom is -0.289 e. The summed E-state index contributed by atoms with van der Waals surface area (Å²) in [5.74, 6) is 0.00852. The Morgan fingerprint density at radius 1 is 0.889 bits per heavy atom. The van der Waals surface area contributed by atoms with Crippen molar-refractivity contribution in [3.8, 4) is 0 Å². The Morgan fingerprint density at radius 2 is 1.61 bits per heavy atom. The van der Waals surface area contributed by atoms with Gasteiger partial charge in [0.1, 0.15) is 0 Å². The Bertz CT molecular complexity index is 594. The Morgan fingerprint density at radius 3 is 2.22 bits per heavy atom. The number of benzene rings is 2. The Labute approximate surface area is 107 Å². The van der Waals surface area contributed by atoms with Crippen molar-refractivity contribution in [2.75, 3.05) is 0 Å². The summed E-state index contributed by atoms with van der Waals surface area (Å²) in [5, 5.41) is 0. The van der Waals surface area contributed by atoms with Gasteiger partial charge in [-0.05, 0) is 11.1 Å². The quantitative estimate of drug-likeness (QED) is 0.724. The van der Waals surface area contributed by atoms with Crippen LogP contribution in [-0.4, -0.2) is 5.78 Å². The van der Waals surface area contributed by atoms with E-state index in [0.29, 0.717) is 11.1 Å². The standard InChI is InChI=1S/C17H14O/c1-3-13-11-8-12-16(15(13)4-2)17(18)14-9-6-5-7-10-14/h3-12H,1-2H2. The van der Waals surface area contributed by atoms with E-state index in [1.807, 2.05) is 48.5 Å². The van der Waals surface area contributed by atoms with Crippen LogP contribution in [0.25, 0.3) is 12.2 Å². The fourth-order valence-electron chi connectivity index (χ4n) is 1.93. The average Bonchev–Trinajstić information content (AvgIpc) is 2.46. The van der Waals surface area contributed by atoms with Gasteiger partial charge >= 0.3 is 0 Å². The SMILES string of the molecule is C=Cc1cccc(C(=O)c2ccccc2)c1C=C. The molecule has 0 radical (unpaired) electrons. The molecule has 0 spiro atoms. The summed E-state index contributed by atoms with van der Waals surface area (Å²) < 4.78 is 0. The predicted molar refractivity (Wildman–Crippen MR) is 76.5 cm³/mol. The first-order valence-corrected chi connectivity index (χ1v) is 5.75. The zero-order valence-corrected chi connectivity index (χ0v) is 10.1. The maximum Gasteiger partial charge on any atom is 0.193 e. The van der Waals surface area contributed by atoms with Crippen LogP contribution < -0.4 is 0 Å². The molecule has 0 fully saturated rings. The summed E-state index contributed by atoms with van der Waals surface area (Å²) >= 11 is 0. The van der Waals surface area contributed by atoms with Crippen LogP contribution in [-0.2, 0) is 0 Å². The molecule has 0 bridgehead atoms. The van der Waals surface area contributed by atoms with Gasteiger partial charge in [0.25, 0.3) is 0 Å². The lowest BCUT2D eigenvalue weighted by Gasteiger charge is -2.08. The van der Waals surface area contributed by atoms with Crippen LogP contribution in [0.4, 0.5) is 0 Å². The van der Waals surface area contributed by atoms with Crippen LogP contribution >= 0.6 is 0 Å². The third-order valence-electron chi connectivity index (χ3n) is 2.84. The van der Waals surface area contributed by atoms with Gasteiger partial charge in [0.2, 0.25) is 0 Å². The second kappa shape index (κ2) is 5.28. The molecule has 1 nitrogen and oxygen atoms in total. The molecule has 2 aromatic carbocycles. The number of carbonyl (C=O) groups is 1. The van der Waals surface area contributed by atoms with Gasteiger partial charge in [-0.15, -0.1) is 0 Å². The zero-order valence-electron chi connectivity index (χ0n) is 10.1. The summed E-state index contributed by atoms with van der Waals surface area (Å²) in [6, 6.07) is 14.8. The molecular weight excluding hydrogens is 220 g/mol. The molecule has 0 aliphatic heterocycles. The zero-order chi connectivity index (χ0) is 13.0. The fourth-order valence-corrected chi connectivity index (χ4v) is 1.93. The molecule has 0 heterocycles. The van der Waals surface area contributed by atoms with E-state index in [1.165, 1.54) is 0 Å². The molecule has 2 rings (SSSR count). The van der Waals surface area contributed by atoms with Gasteiger partial charge in [0.15, 0.2) is 5.78 Å². The minimum absolute atomic E-state index is 0.00852. The van der Waals surface area contributed by atoms with Crippen molar-refractivity contribution in [1.29, 1.82) is 0 Å². The van der Waals surface area contributed by atoms with E-state index in [9.17, 15) is 4.79 Å². The molecule has 18 heavy (non-hydrogen) atoms. The van der Waals surface area contributed by atoms with E-state index >= 15 is 0 Å². The Hall–Kier alpha value is -2.41. The monoisotopic (exact) mass is 234 g/mol. The molecule has 0 saturated heterocycles. The smallest absolute Gasteiger partial charge is 0.193 e. The number of hydrogen-bond donors (Lipinski definition) is 0. The Balaban J connectivity index is 2.55. The van der Waals surface area contributed by atoms with Gasteiger partial charge in [-0.25, -0.2) is 0 Å². The largest absolute Gasteiger partial charge is 0.289 e. The van der Waals surface area contributed by atoms with Crippen LogP contribution in [0.3, 0.4) is 0 Å². The highest BCUT2D eigenvalue weighted by Gasteiger charge is 2.13. The predicted octanol–water partition coefficient (Wildman–Crippen LogP) is 4.20. The third kappa shape index (κ3) is 2.16. The van der Waals surface area contributed by atoms with Gasteiger partial charge in [0.05, 0.1) is 0 Å². The summed E-state index contributed by atoms with van der Waals surface area (Å²) in [6.07, 6.45) is 3.44. The highest BCUT2D eigenvalue weighted by molar-refractivity contribution is 6.11. The van der Waals surface area contributed by atoms with Gasteiger partial charge in [-0.1, -0.05) is 73.8 Å². The van der Waals surface area contributed by atoms with Gasteiger partial charge < -0.3 is 0 Å². The van der Waals surface area contributed by atoms with Crippen molar-refractivity contribution in [1.82, 2.24) is 0 Å². The number of ketones is 1. The molecule has 2 aromatic rings. The minimum atomic E-state index is 0.00852. The normalized spacial score (nSPS) is 9.78. The molecule has 0 aliphatic rings. The first-order chi connectivity index (χ1) is 8.77. The van der Waals surface area contributed by atoms with E-state index < -0.39 is 0 Å². The number of hydrogen-bond acceptors (Lipinski definition) is 1.